The highest BCUT2D eigenvalue weighted by Gasteiger charge is 2.31. The first kappa shape index (κ1) is 17.7. The number of ether oxygens (including phenoxy) is 1. The van der Waals surface area contributed by atoms with Crippen molar-refractivity contribution in [2.75, 3.05) is 5.32 Å². The first-order chi connectivity index (χ1) is 13.5. The van der Waals surface area contributed by atoms with Crippen molar-refractivity contribution in [2.24, 2.45) is 0 Å². The number of nitrogens with one attached hydrogen (secondary N) is 1. The van der Waals surface area contributed by atoms with Gasteiger partial charge in [-0.15, -0.1) is 0 Å². The summed E-state index contributed by atoms with van der Waals surface area (Å²) in [4.78, 5) is 28.7. The highest BCUT2D eigenvalue weighted by atomic mass is 16.5. The van der Waals surface area contributed by atoms with Gasteiger partial charge in [-0.2, -0.15) is 10.1 Å². The molecule has 0 amide bonds. The van der Waals surface area contributed by atoms with Gasteiger partial charge in [-0.05, 0) is 43.7 Å². The molecule has 0 radical (unpaired) electrons. The van der Waals surface area contributed by atoms with Crippen molar-refractivity contribution < 1.29 is 14.3 Å². The fourth-order valence-electron chi connectivity index (χ4n) is 3.31. The van der Waals surface area contributed by atoms with Crippen LogP contribution in [0, 0.1) is 0 Å². The van der Waals surface area contributed by atoms with Gasteiger partial charge in [0.05, 0.1) is 5.56 Å². The molecular weight excluding hydrogens is 356 g/mol. The van der Waals surface area contributed by atoms with Crippen LogP contribution in [0.25, 0.3) is 0 Å². The van der Waals surface area contributed by atoms with Gasteiger partial charge in [0.2, 0.25) is 5.95 Å². The Kier molecular flexibility index (Phi) is 4.49. The predicted molar refractivity (Wildman–Crippen MR) is 103 cm³/mol. The van der Waals surface area contributed by atoms with E-state index in [1.165, 1.54) is 13.3 Å². The smallest absolute Gasteiger partial charge is 0.343 e. The molecule has 1 aliphatic heterocycles. The van der Waals surface area contributed by atoms with Gasteiger partial charge < -0.3 is 10.1 Å². The van der Waals surface area contributed by atoms with Crippen LogP contribution in [0.4, 0.5) is 5.95 Å². The minimum atomic E-state index is -0.422. The average molecular weight is 374 g/mol. The molecule has 3 aromatic rings. The molecule has 0 saturated heterocycles. The number of benzene rings is 2. The van der Waals surface area contributed by atoms with Crippen LogP contribution in [-0.4, -0.2) is 26.5 Å². The zero-order valence-corrected chi connectivity index (χ0v) is 15.4. The number of hydrogen-bond donors (Lipinski definition) is 1. The van der Waals surface area contributed by atoms with Gasteiger partial charge in [-0.25, -0.2) is 9.48 Å². The second-order valence-electron chi connectivity index (χ2n) is 6.48. The maximum Gasteiger partial charge on any atom is 0.343 e. The van der Waals surface area contributed by atoms with E-state index in [2.05, 4.69) is 15.4 Å². The van der Waals surface area contributed by atoms with Crippen LogP contribution in [0.5, 0.6) is 5.75 Å². The Labute approximate surface area is 161 Å². The summed E-state index contributed by atoms with van der Waals surface area (Å²) < 4.78 is 7.10. The van der Waals surface area contributed by atoms with Gasteiger partial charge in [-0.1, -0.05) is 30.3 Å². The summed E-state index contributed by atoms with van der Waals surface area (Å²) in [6.07, 6.45) is 1.45. The van der Waals surface area contributed by atoms with E-state index in [1.54, 1.807) is 41.1 Å². The van der Waals surface area contributed by atoms with Gasteiger partial charge in [0.15, 0.2) is 5.78 Å². The SMILES string of the molecule is CC(=O)C1=C(C)Nc2ncnn2C1c1ccc(OC(=O)c2ccccc2)cc1. The molecule has 28 heavy (non-hydrogen) atoms. The van der Waals surface area contributed by atoms with Crippen molar-refractivity contribution in [3.63, 3.8) is 0 Å². The molecule has 2 heterocycles. The van der Waals surface area contributed by atoms with E-state index >= 15 is 0 Å². The van der Waals surface area contributed by atoms with Crippen molar-refractivity contribution in [1.29, 1.82) is 0 Å². The van der Waals surface area contributed by atoms with Gasteiger partial charge >= 0.3 is 5.97 Å². The van der Waals surface area contributed by atoms with Crippen molar-refractivity contribution in [2.45, 2.75) is 19.9 Å². The van der Waals surface area contributed by atoms with E-state index in [0.717, 1.165) is 11.3 Å². The maximum absolute atomic E-state index is 12.3. The lowest BCUT2D eigenvalue weighted by Gasteiger charge is -2.28. The lowest BCUT2D eigenvalue weighted by Crippen LogP contribution is -2.27. The Hall–Kier alpha value is -3.74. The molecule has 1 aromatic heterocycles. The lowest BCUT2D eigenvalue weighted by atomic mass is 9.93. The molecule has 0 saturated carbocycles. The van der Waals surface area contributed by atoms with Crippen LogP contribution >= 0.6 is 0 Å². The van der Waals surface area contributed by atoms with Crippen molar-refractivity contribution in [3.05, 3.63) is 83.3 Å². The number of fused-ring (bicyclic) bond motifs is 1. The second-order valence-corrected chi connectivity index (χ2v) is 6.48. The highest BCUT2D eigenvalue weighted by Crippen LogP contribution is 2.35. The van der Waals surface area contributed by atoms with Gasteiger partial charge in [0, 0.05) is 11.3 Å². The highest BCUT2D eigenvalue weighted by molar-refractivity contribution is 5.96. The first-order valence-corrected chi connectivity index (χ1v) is 8.80. The number of anilines is 1. The lowest BCUT2D eigenvalue weighted by molar-refractivity contribution is -0.114. The quantitative estimate of drug-likeness (QED) is 0.557. The molecule has 7 heteroatoms. The molecule has 1 aliphatic rings. The van der Waals surface area contributed by atoms with E-state index in [1.807, 2.05) is 25.1 Å². The Bertz CT molecular complexity index is 1070. The molecule has 2 aromatic carbocycles. The van der Waals surface area contributed by atoms with Crippen LogP contribution in [0.2, 0.25) is 0 Å². The molecule has 1 N–H and O–H groups in total. The number of carbonyl (C=O) groups is 2. The van der Waals surface area contributed by atoms with Crippen LogP contribution in [0.3, 0.4) is 0 Å². The summed E-state index contributed by atoms with van der Waals surface area (Å²) >= 11 is 0. The summed E-state index contributed by atoms with van der Waals surface area (Å²) in [5.74, 6) is 0.534. The Morgan fingerprint density at radius 3 is 2.46 bits per heavy atom. The van der Waals surface area contributed by atoms with Gasteiger partial charge in [-0.3, -0.25) is 4.79 Å². The summed E-state index contributed by atoms with van der Waals surface area (Å²) in [5, 5.41) is 7.37. The van der Waals surface area contributed by atoms with Gasteiger partial charge in [0.25, 0.3) is 0 Å². The van der Waals surface area contributed by atoms with Crippen molar-refractivity contribution >= 4 is 17.7 Å². The molecule has 0 bridgehead atoms. The summed E-state index contributed by atoms with van der Waals surface area (Å²) in [6, 6.07) is 15.5. The summed E-state index contributed by atoms with van der Waals surface area (Å²) in [5.41, 5.74) is 2.69. The standard InChI is InChI=1S/C21H18N4O3/c1-13-18(14(2)26)19(25-21(24-13)22-12-23-25)15-8-10-17(11-9-15)28-20(27)16-6-4-3-5-7-16/h3-12,19H,1-2H3,(H,22,23,24). The zero-order chi connectivity index (χ0) is 19.7. The number of esters is 1. The molecule has 1 unspecified atom stereocenters. The first-order valence-electron chi connectivity index (χ1n) is 8.80. The third-order valence-corrected chi connectivity index (χ3v) is 4.59. The predicted octanol–water partition coefficient (Wildman–Crippen LogP) is 3.38. The largest absolute Gasteiger partial charge is 0.423 e. The van der Waals surface area contributed by atoms with Crippen molar-refractivity contribution in [3.8, 4) is 5.75 Å². The monoisotopic (exact) mass is 374 g/mol. The third kappa shape index (κ3) is 3.18. The fourth-order valence-corrected chi connectivity index (χ4v) is 3.31. The molecule has 140 valence electrons. The number of Topliss-reactive ketones (excluding diaryl/α,β-unsaturated/α-hetero) is 1. The molecule has 4 rings (SSSR count). The minimum Gasteiger partial charge on any atom is -0.423 e. The van der Waals surface area contributed by atoms with E-state index in [4.69, 9.17) is 4.74 Å². The minimum absolute atomic E-state index is 0.0456. The normalized spacial score (nSPS) is 15.6. The second kappa shape index (κ2) is 7.11. The van der Waals surface area contributed by atoms with Gasteiger partial charge in [0.1, 0.15) is 18.1 Å². The molecule has 0 aliphatic carbocycles. The molecule has 7 nitrogen and oxygen atoms in total. The number of allylic oxidation sites excluding steroid dienone is 2. The maximum atomic E-state index is 12.3. The number of nitrogens with zero attached hydrogens (tertiary/aromatic N) is 3. The van der Waals surface area contributed by atoms with E-state index in [0.29, 0.717) is 22.8 Å². The number of aromatic nitrogens is 3. The molecular formula is C21H18N4O3. The van der Waals surface area contributed by atoms with E-state index in [9.17, 15) is 9.59 Å². The summed E-state index contributed by atoms with van der Waals surface area (Å²) in [7, 11) is 0. The average Bonchev–Trinajstić information content (AvgIpc) is 3.16. The number of ketones is 1. The molecule has 1 atom stereocenters. The number of carbonyl (C=O) groups excluding carboxylic acids is 2. The molecule has 0 fully saturated rings. The Morgan fingerprint density at radius 2 is 1.79 bits per heavy atom. The van der Waals surface area contributed by atoms with Crippen LogP contribution < -0.4 is 10.1 Å². The number of hydrogen-bond acceptors (Lipinski definition) is 6. The van der Waals surface area contributed by atoms with Crippen LogP contribution in [0.15, 0.2) is 72.2 Å². The molecule has 0 spiro atoms. The Morgan fingerprint density at radius 1 is 1.07 bits per heavy atom. The topological polar surface area (TPSA) is 86.1 Å². The van der Waals surface area contributed by atoms with E-state index < -0.39 is 12.0 Å². The summed E-state index contributed by atoms with van der Waals surface area (Å²) in [6.45, 7) is 3.38. The van der Waals surface area contributed by atoms with Crippen LogP contribution in [-0.2, 0) is 4.79 Å². The van der Waals surface area contributed by atoms with E-state index in [-0.39, 0.29) is 5.78 Å². The third-order valence-electron chi connectivity index (χ3n) is 4.59. The fraction of sp³-hybridized carbons (Fsp3) is 0.143. The zero-order valence-electron chi connectivity index (χ0n) is 15.4. The van der Waals surface area contributed by atoms with Crippen LogP contribution in [0.1, 0.15) is 35.8 Å². The number of rotatable bonds is 4. The van der Waals surface area contributed by atoms with Crippen molar-refractivity contribution in [1.82, 2.24) is 14.8 Å². The Balaban J connectivity index is 1.63.